The minimum Gasteiger partial charge on any atom is -0.475 e. The lowest BCUT2D eigenvalue weighted by Crippen LogP contribution is -2.28. The number of nitrogens with one attached hydrogen (secondary N) is 2. The van der Waals surface area contributed by atoms with Gasteiger partial charge < -0.3 is 15.0 Å². The van der Waals surface area contributed by atoms with E-state index in [1.807, 2.05) is 6.07 Å². The molecule has 1 saturated carbocycles. The van der Waals surface area contributed by atoms with E-state index in [1.54, 1.807) is 25.4 Å². The molecule has 0 radical (unpaired) electrons. The van der Waals surface area contributed by atoms with Crippen LogP contribution in [0.1, 0.15) is 36.0 Å². The molecule has 3 aromatic rings. The Morgan fingerprint density at radius 1 is 1.43 bits per heavy atom. The van der Waals surface area contributed by atoms with Crippen molar-refractivity contribution in [3.05, 3.63) is 41.3 Å². The minimum atomic E-state index is -4.38. The van der Waals surface area contributed by atoms with Gasteiger partial charge in [0.2, 0.25) is 5.91 Å². The van der Waals surface area contributed by atoms with Gasteiger partial charge in [-0.15, -0.1) is 11.3 Å². The number of imidazole rings is 1. The number of aromatic amines is 1. The van der Waals surface area contributed by atoms with Crippen LogP contribution in [0.5, 0.6) is 5.06 Å². The van der Waals surface area contributed by atoms with E-state index in [0.717, 1.165) is 33.1 Å². The number of nitrogens with zero attached hydrogens (tertiary/aromatic N) is 2. The van der Waals surface area contributed by atoms with E-state index >= 15 is 0 Å². The van der Waals surface area contributed by atoms with Gasteiger partial charge in [0.05, 0.1) is 23.3 Å². The highest BCUT2D eigenvalue weighted by molar-refractivity contribution is 7.13. The number of halogens is 3. The molecule has 2 unspecified atom stereocenters. The van der Waals surface area contributed by atoms with Crippen molar-refractivity contribution in [1.29, 1.82) is 0 Å². The first-order valence-electron chi connectivity index (χ1n) is 8.69. The standard InChI is InChI=1S/C18H17F3N4O2S/c1-9(14-2-3-15(28-14)27-8-18(19,20)21)23-17(26)11-6-10(11)16-24-12-4-5-22-7-13(12)25-16/h2-5,7,9-11H,6,8H2,1H3,(H,23,26)(H,24,25)/t9-,10?,11?/m1/s1. The van der Waals surface area contributed by atoms with E-state index in [2.05, 4.69) is 20.3 Å². The highest BCUT2D eigenvalue weighted by atomic mass is 32.1. The van der Waals surface area contributed by atoms with Crippen LogP contribution >= 0.6 is 11.3 Å². The Bertz CT molecular complexity index is 967. The monoisotopic (exact) mass is 410 g/mol. The molecule has 3 atom stereocenters. The summed E-state index contributed by atoms with van der Waals surface area (Å²) in [6.07, 6.45) is -0.312. The topological polar surface area (TPSA) is 79.9 Å². The smallest absolute Gasteiger partial charge is 0.422 e. The maximum Gasteiger partial charge on any atom is 0.422 e. The molecule has 3 heterocycles. The minimum absolute atomic E-state index is 0.0358. The van der Waals surface area contributed by atoms with Crippen molar-refractivity contribution in [1.82, 2.24) is 20.3 Å². The summed E-state index contributed by atoms with van der Waals surface area (Å²) in [6, 6.07) is 4.64. The summed E-state index contributed by atoms with van der Waals surface area (Å²) in [7, 11) is 0. The van der Waals surface area contributed by atoms with Crippen LogP contribution in [0.25, 0.3) is 11.0 Å². The number of H-pyrrole nitrogens is 1. The average molecular weight is 410 g/mol. The molecular formula is C18H17F3N4O2S. The van der Waals surface area contributed by atoms with Gasteiger partial charge in [-0.25, -0.2) is 4.98 Å². The lowest BCUT2D eigenvalue weighted by Gasteiger charge is -2.12. The van der Waals surface area contributed by atoms with E-state index in [1.165, 1.54) is 6.07 Å². The Balaban J connectivity index is 1.33. The number of thiophene rings is 1. The Morgan fingerprint density at radius 3 is 3.00 bits per heavy atom. The zero-order valence-electron chi connectivity index (χ0n) is 14.8. The lowest BCUT2D eigenvalue weighted by molar-refractivity contribution is -0.152. The number of amides is 1. The number of fused-ring (bicyclic) bond motifs is 1. The molecule has 2 N–H and O–H groups in total. The second-order valence-electron chi connectivity index (χ2n) is 6.75. The number of hydrogen-bond donors (Lipinski definition) is 2. The number of hydrogen-bond acceptors (Lipinski definition) is 5. The normalized spacial score (nSPS) is 20.1. The predicted octanol–water partition coefficient (Wildman–Crippen LogP) is 3.94. The number of rotatable bonds is 6. The maximum absolute atomic E-state index is 12.5. The van der Waals surface area contributed by atoms with E-state index in [0.29, 0.717) is 6.42 Å². The van der Waals surface area contributed by atoms with Crippen molar-refractivity contribution in [2.24, 2.45) is 5.92 Å². The van der Waals surface area contributed by atoms with Gasteiger partial charge in [0.1, 0.15) is 5.82 Å². The van der Waals surface area contributed by atoms with Crippen molar-refractivity contribution in [3.63, 3.8) is 0 Å². The van der Waals surface area contributed by atoms with Crippen LogP contribution < -0.4 is 10.1 Å². The number of carbonyl (C=O) groups is 1. The number of pyridine rings is 1. The number of alkyl halides is 3. The van der Waals surface area contributed by atoms with E-state index in [4.69, 9.17) is 4.74 Å². The molecule has 1 aliphatic rings. The molecule has 6 nitrogen and oxygen atoms in total. The van der Waals surface area contributed by atoms with Crippen LogP contribution in [-0.2, 0) is 4.79 Å². The first kappa shape index (κ1) is 18.7. The average Bonchev–Trinajstić information content (AvgIpc) is 3.11. The lowest BCUT2D eigenvalue weighted by atomic mass is 10.2. The van der Waals surface area contributed by atoms with E-state index in [-0.39, 0.29) is 28.8 Å². The van der Waals surface area contributed by atoms with Crippen molar-refractivity contribution < 1.29 is 22.7 Å². The molecule has 0 aliphatic heterocycles. The molecule has 1 amide bonds. The third-order valence-corrected chi connectivity index (χ3v) is 5.73. The summed E-state index contributed by atoms with van der Waals surface area (Å²) in [5, 5.41) is 3.09. The van der Waals surface area contributed by atoms with E-state index < -0.39 is 12.8 Å². The van der Waals surface area contributed by atoms with Crippen molar-refractivity contribution in [3.8, 4) is 5.06 Å². The molecule has 0 aromatic carbocycles. The summed E-state index contributed by atoms with van der Waals surface area (Å²) in [5.41, 5.74) is 1.65. The highest BCUT2D eigenvalue weighted by Gasteiger charge is 2.46. The number of carbonyl (C=O) groups excluding carboxylic acids is 1. The third-order valence-electron chi connectivity index (χ3n) is 4.55. The van der Waals surface area contributed by atoms with Gasteiger partial charge in [-0.05, 0) is 31.5 Å². The second kappa shape index (κ2) is 7.08. The molecule has 0 bridgehead atoms. The van der Waals surface area contributed by atoms with Crippen LogP contribution in [0, 0.1) is 5.92 Å². The SMILES string of the molecule is C[C@@H](NC(=O)C1CC1c1nc2ccncc2[nH]1)c1ccc(OCC(F)(F)F)s1. The molecule has 148 valence electrons. The van der Waals surface area contributed by atoms with Crippen LogP contribution in [0.3, 0.4) is 0 Å². The number of ether oxygens (including phenoxy) is 1. The van der Waals surface area contributed by atoms with Gasteiger partial charge in [0, 0.05) is 22.9 Å². The van der Waals surface area contributed by atoms with Gasteiger partial charge in [0.15, 0.2) is 11.7 Å². The van der Waals surface area contributed by atoms with Crippen LogP contribution in [0.15, 0.2) is 30.6 Å². The van der Waals surface area contributed by atoms with Crippen molar-refractivity contribution in [2.45, 2.75) is 31.5 Å². The summed E-state index contributed by atoms with van der Waals surface area (Å²) < 4.78 is 41.4. The molecule has 10 heteroatoms. The second-order valence-corrected chi connectivity index (χ2v) is 7.83. The Hall–Kier alpha value is -2.62. The molecule has 0 saturated heterocycles. The van der Waals surface area contributed by atoms with Crippen molar-refractivity contribution in [2.75, 3.05) is 6.61 Å². The molecule has 0 spiro atoms. The van der Waals surface area contributed by atoms with Crippen LogP contribution in [0.4, 0.5) is 13.2 Å². The third kappa shape index (κ3) is 4.11. The molecule has 1 fully saturated rings. The first-order valence-corrected chi connectivity index (χ1v) is 9.51. The quantitative estimate of drug-likeness (QED) is 0.645. The zero-order chi connectivity index (χ0) is 19.9. The molecule has 28 heavy (non-hydrogen) atoms. The van der Waals surface area contributed by atoms with Gasteiger partial charge in [-0.2, -0.15) is 13.2 Å². The van der Waals surface area contributed by atoms with Gasteiger partial charge >= 0.3 is 6.18 Å². The Labute approximate surface area is 162 Å². The fourth-order valence-corrected chi connectivity index (χ4v) is 3.89. The molecule has 1 aliphatic carbocycles. The Kier molecular flexibility index (Phi) is 4.74. The predicted molar refractivity (Wildman–Crippen MR) is 97.2 cm³/mol. The number of aromatic nitrogens is 3. The highest BCUT2D eigenvalue weighted by Crippen LogP contribution is 2.47. The molecule has 3 aromatic heterocycles. The van der Waals surface area contributed by atoms with Crippen LogP contribution in [-0.4, -0.2) is 33.6 Å². The zero-order valence-corrected chi connectivity index (χ0v) is 15.6. The molecule has 4 rings (SSSR count). The van der Waals surface area contributed by atoms with E-state index in [9.17, 15) is 18.0 Å². The maximum atomic E-state index is 12.5. The van der Waals surface area contributed by atoms with Crippen LogP contribution in [0.2, 0.25) is 0 Å². The molecular weight excluding hydrogens is 393 g/mol. The first-order chi connectivity index (χ1) is 13.3. The summed E-state index contributed by atoms with van der Waals surface area (Å²) in [6.45, 7) is 0.464. The van der Waals surface area contributed by atoms with Gasteiger partial charge in [-0.1, -0.05) is 0 Å². The summed E-state index contributed by atoms with van der Waals surface area (Å²) >= 11 is 1.09. The Morgan fingerprint density at radius 2 is 2.25 bits per heavy atom. The summed E-state index contributed by atoms with van der Waals surface area (Å²) in [4.78, 5) is 25.0. The summed E-state index contributed by atoms with van der Waals surface area (Å²) in [5.74, 6) is 0.544. The van der Waals surface area contributed by atoms with Gasteiger partial charge in [0.25, 0.3) is 0 Å². The fourth-order valence-electron chi connectivity index (χ4n) is 3.03. The van der Waals surface area contributed by atoms with Gasteiger partial charge in [-0.3, -0.25) is 9.78 Å². The largest absolute Gasteiger partial charge is 0.475 e. The van der Waals surface area contributed by atoms with Crippen molar-refractivity contribution >= 4 is 28.3 Å². The fraction of sp³-hybridized carbons (Fsp3) is 0.389.